The molecular formula is C17H22F2N4O3S. The summed E-state index contributed by atoms with van der Waals surface area (Å²) in [7, 11) is -2.31. The highest BCUT2D eigenvalue weighted by Gasteiger charge is 2.32. The Morgan fingerprint density at radius 1 is 1.26 bits per heavy atom. The van der Waals surface area contributed by atoms with Gasteiger partial charge in [0.15, 0.2) is 11.6 Å². The molecule has 1 unspecified atom stereocenters. The minimum absolute atomic E-state index is 0.137. The second-order valence-electron chi connectivity index (χ2n) is 6.36. The quantitative estimate of drug-likeness (QED) is 0.712. The lowest BCUT2D eigenvalue weighted by Gasteiger charge is -2.37. The second kappa shape index (κ2) is 8.73. The maximum absolute atomic E-state index is 13.4. The summed E-state index contributed by atoms with van der Waals surface area (Å²) in [6.45, 7) is 3.03. The first-order valence-electron chi connectivity index (χ1n) is 8.49. The summed E-state index contributed by atoms with van der Waals surface area (Å²) < 4.78 is 52.8. The second-order valence-corrected chi connectivity index (χ2v) is 8.30. The molecule has 0 saturated carbocycles. The molecule has 1 aliphatic rings. The number of nitrogens with zero attached hydrogens (tertiary/aromatic N) is 4. The Bertz CT molecular complexity index is 833. The summed E-state index contributed by atoms with van der Waals surface area (Å²) >= 11 is 0. The van der Waals surface area contributed by atoms with Crippen LogP contribution in [0.4, 0.5) is 8.78 Å². The molecule has 0 aliphatic carbocycles. The average Bonchev–Trinajstić information content (AvgIpc) is 2.67. The number of rotatable bonds is 6. The number of hydrogen-bond donors (Lipinski definition) is 0. The molecule has 1 aromatic rings. The predicted molar refractivity (Wildman–Crippen MR) is 94.0 cm³/mol. The maximum Gasteiger partial charge on any atom is 0.243 e. The van der Waals surface area contributed by atoms with Crippen molar-refractivity contribution in [1.82, 2.24) is 14.1 Å². The summed E-state index contributed by atoms with van der Waals surface area (Å²) in [4.78, 5) is 15.4. The summed E-state index contributed by atoms with van der Waals surface area (Å²) in [5.74, 6) is -2.46. The van der Waals surface area contributed by atoms with Gasteiger partial charge in [0, 0.05) is 39.8 Å². The fraction of sp³-hybridized carbons (Fsp3) is 0.529. The molecule has 0 spiro atoms. The van der Waals surface area contributed by atoms with E-state index in [1.54, 1.807) is 14.0 Å². The zero-order valence-corrected chi connectivity index (χ0v) is 16.0. The fourth-order valence-electron chi connectivity index (χ4n) is 2.92. The van der Waals surface area contributed by atoms with Crippen LogP contribution < -0.4 is 0 Å². The van der Waals surface area contributed by atoms with Crippen LogP contribution in [0.15, 0.2) is 23.1 Å². The average molecular weight is 400 g/mol. The molecule has 1 amide bonds. The van der Waals surface area contributed by atoms with Gasteiger partial charge in [-0.2, -0.15) is 9.57 Å². The number of amides is 1. The van der Waals surface area contributed by atoms with Gasteiger partial charge in [0.05, 0.1) is 23.4 Å². The first kappa shape index (κ1) is 21.2. The Labute approximate surface area is 157 Å². The molecule has 1 aromatic carbocycles. The first-order chi connectivity index (χ1) is 12.7. The molecule has 7 nitrogen and oxygen atoms in total. The van der Waals surface area contributed by atoms with E-state index < -0.39 is 27.7 Å². The van der Waals surface area contributed by atoms with Gasteiger partial charge >= 0.3 is 0 Å². The number of halogens is 2. The number of sulfonamides is 1. The van der Waals surface area contributed by atoms with Gasteiger partial charge in [-0.15, -0.1) is 0 Å². The van der Waals surface area contributed by atoms with E-state index in [1.807, 2.05) is 11.0 Å². The Hall–Kier alpha value is -2.09. The van der Waals surface area contributed by atoms with Gasteiger partial charge in [0.25, 0.3) is 0 Å². The lowest BCUT2D eigenvalue weighted by molar-refractivity contribution is -0.135. The standard InChI is InChI=1S/C17H22F2N4O3S/c1-13(17(24)21(2)7-3-6-20)22-8-10-23(11-9-22)27(25,26)14-4-5-15(18)16(19)12-14/h4-5,12-13H,3,7-11H2,1-2H3. The molecule has 1 fully saturated rings. The zero-order chi connectivity index (χ0) is 20.2. The van der Waals surface area contributed by atoms with E-state index in [9.17, 15) is 22.0 Å². The Kier molecular flexibility index (Phi) is 6.86. The number of benzene rings is 1. The molecule has 10 heteroatoms. The fourth-order valence-corrected chi connectivity index (χ4v) is 4.36. The Morgan fingerprint density at radius 3 is 2.44 bits per heavy atom. The third kappa shape index (κ3) is 4.80. The number of likely N-dealkylation sites (N-methyl/N-ethyl adjacent to an activating group) is 1. The van der Waals surface area contributed by atoms with Crippen molar-refractivity contribution in [3.63, 3.8) is 0 Å². The van der Waals surface area contributed by atoms with Gasteiger partial charge < -0.3 is 4.90 Å². The van der Waals surface area contributed by atoms with Crippen molar-refractivity contribution in [3.05, 3.63) is 29.8 Å². The van der Waals surface area contributed by atoms with Gasteiger partial charge in [-0.3, -0.25) is 9.69 Å². The van der Waals surface area contributed by atoms with Gasteiger partial charge in [0.1, 0.15) is 0 Å². The molecule has 1 atom stereocenters. The normalized spacial score (nSPS) is 17.3. The van der Waals surface area contributed by atoms with Crippen LogP contribution >= 0.6 is 0 Å². The van der Waals surface area contributed by atoms with E-state index in [0.29, 0.717) is 25.7 Å². The first-order valence-corrected chi connectivity index (χ1v) is 9.93. The highest BCUT2D eigenvalue weighted by Crippen LogP contribution is 2.20. The predicted octanol–water partition coefficient (Wildman–Crippen LogP) is 1.03. The van der Waals surface area contributed by atoms with Gasteiger partial charge in [0.2, 0.25) is 15.9 Å². The Morgan fingerprint density at radius 2 is 1.89 bits per heavy atom. The van der Waals surface area contributed by atoms with Crippen molar-refractivity contribution in [1.29, 1.82) is 5.26 Å². The lowest BCUT2D eigenvalue weighted by Crippen LogP contribution is -2.55. The van der Waals surface area contributed by atoms with E-state index in [0.717, 1.165) is 12.1 Å². The van der Waals surface area contributed by atoms with Crippen LogP contribution in [0.1, 0.15) is 13.3 Å². The van der Waals surface area contributed by atoms with Crippen LogP contribution in [0.3, 0.4) is 0 Å². The van der Waals surface area contributed by atoms with E-state index in [-0.39, 0.29) is 30.3 Å². The minimum Gasteiger partial charge on any atom is -0.343 e. The lowest BCUT2D eigenvalue weighted by atomic mass is 10.2. The molecule has 0 radical (unpaired) electrons. The highest BCUT2D eigenvalue weighted by molar-refractivity contribution is 7.89. The molecule has 1 heterocycles. The van der Waals surface area contributed by atoms with Crippen LogP contribution in [0, 0.1) is 23.0 Å². The molecule has 148 valence electrons. The van der Waals surface area contributed by atoms with Crippen LogP contribution in [-0.4, -0.2) is 74.2 Å². The number of carbonyl (C=O) groups excluding carboxylic acids is 1. The number of carbonyl (C=O) groups is 1. The van der Waals surface area contributed by atoms with Gasteiger partial charge in [-0.25, -0.2) is 17.2 Å². The topological polar surface area (TPSA) is 84.7 Å². The summed E-state index contributed by atoms with van der Waals surface area (Å²) in [5.41, 5.74) is 0. The van der Waals surface area contributed by atoms with Crippen LogP contribution in [0.25, 0.3) is 0 Å². The summed E-state index contributed by atoms with van der Waals surface area (Å²) in [6.07, 6.45) is 0.245. The van der Waals surface area contributed by atoms with Crippen LogP contribution in [-0.2, 0) is 14.8 Å². The van der Waals surface area contributed by atoms with Gasteiger partial charge in [-0.1, -0.05) is 0 Å². The van der Waals surface area contributed by atoms with Crippen LogP contribution in [0.2, 0.25) is 0 Å². The molecule has 0 aromatic heterocycles. The molecule has 0 bridgehead atoms. The summed E-state index contributed by atoms with van der Waals surface area (Å²) in [6, 6.07) is 4.04. The molecular weight excluding hydrogens is 378 g/mol. The molecule has 1 aliphatic heterocycles. The molecule has 1 saturated heterocycles. The van der Waals surface area contributed by atoms with Crippen molar-refractivity contribution in [2.75, 3.05) is 39.8 Å². The van der Waals surface area contributed by atoms with E-state index in [4.69, 9.17) is 5.26 Å². The van der Waals surface area contributed by atoms with Crippen LogP contribution in [0.5, 0.6) is 0 Å². The third-order valence-corrected chi connectivity index (χ3v) is 6.54. The third-order valence-electron chi connectivity index (χ3n) is 4.64. The molecule has 2 rings (SSSR count). The minimum atomic E-state index is -3.93. The number of piperazine rings is 1. The van der Waals surface area contributed by atoms with E-state index in [1.165, 1.54) is 9.21 Å². The SMILES string of the molecule is CC(C(=O)N(C)CCC#N)N1CCN(S(=O)(=O)c2ccc(F)c(F)c2)CC1. The number of nitriles is 1. The van der Waals surface area contributed by atoms with Crippen molar-refractivity contribution in [2.24, 2.45) is 0 Å². The van der Waals surface area contributed by atoms with Crippen molar-refractivity contribution >= 4 is 15.9 Å². The van der Waals surface area contributed by atoms with Gasteiger partial charge in [-0.05, 0) is 25.1 Å². The Balaban J connectivity index is 2.00. The van der Waals surface area contributed by atoms with Crippen molar-refractivity contribution in [3.8, 4) is 6.07 Å². The zero-order valence-electron chi connectivity index (χ0n) is 15.2. The maximum atomic E-state index is 13.4. The van der Waals surface area contributed by atoms with E-state index >= 15 is 0 Å². The number of hydrogen-bond acceptors (Lipinski definition) is 5. The molecule has 27 heavy (non-hydrogen) atoms. The largest absolute Gasteiger partial charge is 0.343 e. The monoisotopic (exact) mass is 400 g/mol. The molecule has 0 N–H and O–H groups in total. The van der Waals surface area contributed by atoms with E-state index in [2.05, 4.69) is 0 Å². The summed E-state index contributed by atoms with van der Waals surface area (Å²) in [5, 5.41) is 8.61. The van der Waals surface area contributed by atoms with Crippen molar-refractivity contribution in [2.45, 2.75) is 24.3 Å². The highest BCUT2D eigenvalue weighted by atomic mass is 32.2. The van der Waals surface area contributed by atoms with Crippen molar-refractivity contribution < 1.29 is 22.0 Å². The smallest absolute Gasteiger partial charge is 0.243 e.